The SMILES string of the molecule is CCOC(=O)c1cc(N)cnc1NC(C)CN1CCCC1. The van der Waals surface area contributed by atoms with E-state index in [2.05, 4.69) is 22.1 Å². The molecule has 1 saturated heterocycles. The zero-order chi connectivity index (χ0) is 15.2. The Labute approximate surface area is 125 Å². The van der Waals surface area contributed by atoms with Crippen LogP contribution in [-0.2, 0) is 4.74 Å². The fraction of sp³-hybridized carbons (Fsp3) is 0.600. The summed E-state index contributed by atoms with van der Waals surface area (Å²) in [5.41, 5.74) is 6.57. The Morgan fingerprint density at radius 3 is 2.90 bits per heavy atom. The number of ether oxygens (including phenoxy) is 1. The largest absolute Gasteiger partial charge is 0.462 e. The maximum Gasteiger partial charge on any atom is 0.341 e. The number of rotatable bonds is 6. The summed E-state index contributed by atoms with van der Waals surface area (Å²) in [5, 5.41) is 3.29. The molecule has 0 aromatic carbocycles. The van der Waals surface area contributed by atoms with Crippen LogP contribution in [0.3, 0.4) is 0 Å². The summed E-state index contributed by atoms with van der Waals surface area (Å²) in [4.78, 5) is 18.6. The lowest BCUT2D eigenvalue weighted by molar-refractivity contribution is 0.0527. The number of nitrogens with two attached hydrogens (primary N) is 1. The number of esters is 1. The zero-order valence-electron chi connectivity index (χ0n) is 12.8. The van der Waals surface area contributed by atoms with Crippen LogP contribution < -0.4 is 11.1 Å². The van der Waals surface area contributed by atoms with Crippen LogP contribution >= 0.6 is 0 Å². The van der Waals surface area contributed by atoms with Crippen molar-refractivity contribution in [1.82, 2.24) is 9.88 Å². The maximum atomic E-state index is 12.0. The molecule has 1 aromatic rings. The summed E-state index contributed by atoms with van der Waals surface area (Å²) in [6, 6.07) is 1.81. The summed E-state index contributed by atoms with van der Waals surface area (Å²) in [7, 11) is 0. The monoisotopic (exact) mass is 292 g/mol. The van der Waals surface area contributed by atoms with Gasteiger partial charge in [0.25, 0.3) is 0 Å². The molecule has 6 heteroatoms. The van der Waals surface area contributed by atoms with Crippen molar-refractivity contribution in [3.63, 3.8) is 0 Å². The van der Waals surface area contributed by atoms with E-state index >= 15 is 0 Å². The van der Waals surface area contributed by atoms with Crippen LogP contribution in [-0.4, -0.2) is 48.1 Å². The van der Waals surface area contributed by atoms with Crippen LogP contribution in [0, 0.1) is 0 Å². The molecule has 1 aliphatic heterocycles. The van der Waals surface area contributed by atoms with Crippen molar-refractivity contribution >= 4 is 17.5 Å². The highest BCUT2D eigenvalue weighted by molar-refractivity contribution is 5.95. The van der Waals surface area contributed by atoms with E-state index in [1.54, 1.807) is 19.2 Å². The van der Waals surface area contributed by atoms with E-state index in [0.29, 0.717) is 23.7 Å². The van der Waals surface area contributed by atoms with Crippen molar-refractivity contribution in [2.45, 2.75) is 32.7 Å². The smallest absolute Gasteiger partial charge is 0.341 e. The average molecular weight is 292 g/mol. The molecule has 2 heterocycles. The summed E-state index contributed by atoms with van der Waals surface area (Å²) < 4.78 is 5.05. The predicted octanol–water partition coefficient (Wildman–Crippen LogP) is 1.74. The second-order valence-electron chi connectivity index (χ2n) is 5.44. The Balaban J connectivity index is 2.05. The van der Waals surface area contributed by atoms with Gasteiger partial charge in [0.15, 0.2) is 0 Å². The minimum atomic E-state index is -0.395. The zero-order valence-corrected chi connectivity index (χ0v) is 12.8. The summed E-state index contributed by atoms with van der Waals surface area (Å²) >= 11 is 0. The molecule has 6 nitrogen and oxygen atoms in total. The van der Waals surface area contributed by atoms with Gasteiger partial charge in [-0.05, 0) is 45.8 Å². The number of anilines is 2. The molecule has 1 atom stereocenters. The molecule has 0 radical (unpaired) electrons. The highest BCUT2D eigenvalue weighted by Gasteiger charge is 2.18. The van der Waals surface area contributed by atoms with E-state index in [-0.39, 0.29) is 6.04 Å². The molecule has 0 spiro atoms. The highest BCUT2D eigenvalue weighted by Crippen LogP contribution is 2.18. The molecule has 3 N–H and O–H groups in total. The van der Waals surface area contributed by atoms with Gasteiger partial charge in [0, 0.05) is 12.6 Å². The van der Waals surface area contributed by atoms with Crippen molar-refractivity contribution in [3.05, 3.63) is 17.8 Å². The minimum absolute atomic E-state index is 0.201. The number of nitrogens with one attached hydrogen (secondary N) is 1. The molecule has 1 aromatic heterocycles. The lowest BCUT2D eigenvalue weighted by atomic mass is 10.2. The standard InChI is InChI=1S/C15H24N4O2/c1-3-21-15(20)13-8-12(16)9-17-14(13)18-11(2)10-19-6-4-5-7-19/h8-9,11H,3-7,10,16H2,1-2H3,(H,17,18). The fourth-order valence-corrected chi connectivity index (χ4v) is 2.59. The molecule has 1 fully saturated rings. The summed E-state index contributed by atoms with van der Waals surface area (Å²) in [5.74, 6) is 0.141. The second-order valence-corrected chi connectivity index (χ2v) is 5.44. The Morgan fingerprint density at radius 2 is 2.24 bits per heavy atom. The van der Waals surface area contributed by atoms with Gasteiger partial charge in [0.1, 0.15) is 11.4 Å². The van der Waals surface area contributed by atoms with Crippen molar-refractivity contribution in [2.24, 2.45) is 0 Å². The number of hydrogen-bond acceptors (Lipinski definition) is 6. The van der Waals surface area contributed by atoms with Crippen molar-refractivity contribution in [1.29, 1.82) is 0 Å². The van der Waals surface area contributed by atoms with Crippen LogP contribution in [0.15, 0.2) is 12.3 Å². The van der Waals surface area contributed by atoms with Gasteiger partial charge in [0.05, 0.1) is 18.5 Å². The topological polar surface area (TPSA) is 80.5 Å². The van der Waals surface area contributed by atoms with Crippen LogP contribution in [0.5, 0.6) is 0 Å². The van der Waals surface area contributed by atoms with E-state index in [1.165, 1.54) is 12.8 Å². The minimum Gasteiger partial charge on any atom is -0.462 e. The van der Waals surface area contributed by atoms with E-state index in [0.717, 1.165) is 19.6 Å². The third kappa shape index (κ3) is 4.32. The first-order valence-corrected chi connectivity index (χ1v) is 7.51. The van der Waals surface area contributed by atoms with Gasteiger partial charge in [0.2, 0.25) is 0 Å². The van der Waals surface area contributed by atoms with E-state index in [4.69, 9.17) is 10.5 Å². The first kappa shape index (κ1) is 15.6. The van der Waals surface area contributed by atoms with Crippen molar-refractivity contribution in [3.8, 4) is 0 Å². The van der Waals surface area contributed by atoms with Gasteiger partial charge in [-0.3, -0.25) is 0 Å². The van der Waals surface area contributed by atoms with Gasteiger partial charge in [-0.2, -0.15) is 0 Å². The van der Waals surface area contributed by atoms with Gasteiger partial charge in [-0.1, -0.05) is 0 Å². The second kappa shape index (κ2) is 7.26. The predicted molar refractivity (Wildman–Crippen MR) is 83.4 cm³/mol. The Morgan fingerprint density at radius 1 is 1.52 bits per heavy atom. The maximum absolute atomic E-state index is 12.0. The first-order chi connectivity index (χ1) is 10.1. The molecule has 2 rings (SSSR count). The van der Waals surface area contributed by atoms with Gasteiger partial charge in [-0.15, -0.1) is 0 Å². The molecule has 0 aliphatic carbocycles. The molecule has 0 bridgehead atoms. The number of carbonyl (C=O) groups is 1. The summed E-state index contributed by atoms with van der Waals surface area (Å²) in [6.07, 6.45) is 4.08. The number of likely N-dealkylation sites (tertiary alicyclic amines) is 1. The third-order valence-electron chi connectivity index (χ3n) is 3.52. The lowest BCUT2D eigenvalue weighted by Crippen LogP contribution is -2.33. The normalized spacial score (nSPS) is 16.7. The lowest BCUT2D eigenvalue weighted by Gasteiger charge is -2.22. The van der Waals surface area contributed by atoms with Crippen LogP contribution in [0.25, 0.3) is 0 Å². The number of nitrogen functional groups attached to an aromatic ring is 1. The molecule has 1 unspecified atom stereocenters. The average Bonchev–Trinajstić information content (AvgIpc) is 2.93. The Hall–Kier alpha value is -1.82. The Bertz CT molecular complexity index is 487. The quantitative estimate of drug-likeness (QED) is 0.777. The van der Waals surface area contributed by atoms with Crippen LogP contribution in [0.4, 0.5) is 11.5 Å². The van der Waals surface area contributed by atoms with Gasteiger partial charge in [-0.25, -0.2) is 9.78 Å². The van der Waals surface area contributed by atoms with E-state index in [9.17, 15) is 4.79 Å². The number of carbonyl (C=O) groups excluding carboxylic acids is 1. The van der Waals surface area contributed by atoms with E-state index < -0.39 is 5.97 Å². The van der Waals surface area contributed by atoms with Gasteiger partial charge >= 0.3 is 5.97 Å². The third-order valence-corrected chi connectivity index (χ3v) is 3.52. The molecular weight excluding hydrogens is 268 g/mol. The Kier molecular flexibility index (Phi) is 5.38. The van der Waals surface area contributed by atoms with Crippen molar-refractivity contribution < 1.29 is 9.53 Å². The first-order valence-electron chi connectivity index (χ1n) is 7.51. The number of aromatic nitrogens is 1. The molecule has 116 valence electrons. The summed E-state index contributed by atoms with van der Waals surface area (Å²) in [6.45, 7) is 7.43. The molecular formula is C15H24N4O2. The molecule has 0 amide bonds. The molecule has 0 saturated carbocycles. The van der Waals surface area contributed by atoms with Crippen molar-refractivity contribution in [2.75, 3.05) is 37.3 Å². The molecule has 1 aliphatic rings. The van der Waals surface area contributed by atoms with Gasteiger partial charge < -0.3 is 20.7 Å². The number of nitrogens with zero attached hydrogens (tertiary/aromatic N) is 2. The number of pyridine rings is 1. The van der Waals surface area contributed by atoms with E-state index in [1.807, 2.05) is 0 Å². The van der Waals surface area contributed by atoms with Crippen LogP contribution in [0.2, 0.25) is 0 Å². The highest BCUT2D eigenvalue weighted by atomic mass is 16.5. The van der Waals surface area contributed by atoms with Crippen LogP contribution in [0.1, 0.15) is 37.0 Å². The molecule has 21 heavy (non-hydrogen) atoms. The fourth-order valence-electron chi connectivity index (χ4n) is 2.59. The number of hydrogen-bond donors (Lipinski definition) is 2.